The molecular weight excluding hydrogens is 272 g/mol. The van der Waals surface area contributed by atoms with E-state index in [9.17, 15) is 4.79 Å². The molecule has 22 heavy (non-hydrogen) atoms. The minimum absolute atomic E-state index is 0.0661. The highest BCUT2D eigenvalue weighted by Gasteiger charge is 2.53. The molecule has 0 bridgehead atoms. The molecule has 2 saturated carbocycles. The van der Waals surface area contributed by atoms with E-state index in [1.807, 2.05) is 0 Å². The predicted molar refractivity (Wildman–Crippen MR) is 88.1 cm³/mol. The maximum absolute atomic E-state index is 12.4. The highest BCUT2D eigenvalue weighted by atomic mass is 16.5. The van der Waals surface area contributed by atoms with Crippen LogP contribution >= 0.6 is 0 Å². The fourth-order valence-electron chi connectivity index (χ4n) is 5.34. The fourth-order valence-corrected chi connectivity index (χ4v) is 5.34. The Morgan fingerprint density at radius 3 is 2.86 bits per heavy atom. The number of hydrogen-bond donors (Lipinski definition) is 0. The Morgan fingerprint density at radius 1 is 1.27 bits per heavy atom. The van der Waals surface area contributed by atoms with Gasteiger partial charge < -0.3 is 4.74 Å². The number of carbonyl (C=O) groups excluding carboxylic acids is 1. The minimum atomic E-state index is -0.0661. The van der Waals surface area contributed by atoms with Crippen LogP contribution in [0.3, 0.4) is 0 Å². The molecule has 1 aromatic carbocycles. The van der Waals surface area contributed by atoms with Crippen molar-refractivity contribution in [2.75, 3.05) is 7.11 Å². The zero-order valence-corrected chi connectivity index (χ0v) is 13.7. The van der Waals surface area contributed by atoms with Gasteiger partial charge in [-0.3, -0.25) is 4.79 Å². The molecule has 116 valence electrons. The summed E-state index contributed by atoms with van der Waals surface area (Å²) < 4.78 is 5.42. The molecule has 3 aliphatic rings. The zero-order valence-electron chi connectivity index (χ0n) is 13.7. The molecule has 2 heteroatoms. The number of allylic oxidation sites excluding steroid dienone is 1. The van der Waals surface area contributed by atoms with Gasteiger partial charge >= 0.3 is 0 Å². The largest absolute Gasteiger partial charge is 0.497 e. The number of carbonyl (C=O) groups is 1. The van der Waals surface area contributed by atoms with Gasteiger partial charge in [0.05, 0.1) is 7.11 Å². The third kappa shape index (κ3) is 1.76. The molecule has 2 fully saturated rings. The second kappa shape index (κ2) is 4.71. The van der Waals surface area contributed by atoms with E-state index in [1.165, 1.54) is 16.7 Å². The first kappa shape index (κ1) is 14.0. The third-order valence-corrected chi connectivity index (χ3v) is 6.54. The van der Waals surface area contributed by atoms with Crippen LogP contribution in [-0.4, -0.2) is 12.9 Å². The molecule has 0 aromatic heterocycles. The van der Waals surface area contributed by atoms with E-state index >= 15 is 0 Å². The normalized spacial score (nSPS) is 35.8. The van der Waals surface area contributed by atoms with Gasteiger partial charge in [-0.15, -0.1) is 0 Å². The summed E-state index contributed by atoms with van der Waals surface area (Å²) in [4.78, 5) is 12.4. The molecule has 4 atom stereocenters. The van der Waals surface area contributed by atoms with Crippen LogP contribution in [0.2, 0.25) is 0 Å². The number of ether oxygens (including phenoxy) is 1. The van der Waals surface area contributed by atoms with Crippen molar-refractivity contribution in [3.63, 3.8) is 0 Å². The summed E-state index contributed by atoms with van der Waals surface area (Å²) >= 11 is 0. The van der Waals surface area contributed by atoms with Crippen LogP contribution in [-0.2, 0) is 4.79 Å². The Morgan fingerprint density at radius 2 is 2.09 bits per heavy atom. The summed E-state index contributed by atoms with van der Waals surface area (Å²) in [7, 11) is 1.73. The van der Waals surface area contributed by atoms with Crippen molar-refractivity contribution >= 4 is 11.9 Å². The van der Waals surface area contributed by atoms with Gasteiger partial charge in [0.2, 0.25) is 0 Å². The smallest absolute Gasteiger partial charge is 0.139 e. The first-order valence-corrected chi connectivity index (χ1v) is 8.44. The number of methoxy groups -OCH3 is 1. The van der Waals surface area contributed by atoms with Crippen LogP contribution in [0.5, 0.6) is 5.75 Å². The standard InChI is InChI=1S/C20H24O2/c1-12-10-14(22-3)11-13-4-5-15-16(19(12)13)8-9-20(2)17(15)6-7-18(20)21/h4-5,10-11,15-17H,6-9H2,1-3H3/t15-,16+,17+,20+/m1/s1. The number of Topliss-reactive ketones (excluding diaryl/α,β-unsaturated/α-hetero) is 1. The molecule has 4 rings (SSSR count). The lowest BCUT2D eigenvalue weighted by Crippen LogP contribution is -2.41. The van der Waals surface area contributed by atoms with Crippen LogP contribution < -0.4 is 4.74 Å². The second-order valence-corrected chi connectivity index (χ2v) is 7.51. The quantitative estimate of drug-likeness (QED) is 0.762. The molecule has 0 saturated heterocycles. The molecule has 0 unspecified atom stereocenters. The van der Waals surface area contributed by atoms with Crippen molar-refractivity contribution in [1.82, 2.24) is 0 Å². The van der Waals surface area contributed by atoms with Crippen molar-refractivity contribution < 1.29 is 9.53 Å². The molecular formula is C20H24O2. The summed E-state index contributed by atoms with van der Waals surface area (Å²) in [5.41, 5.74) is 4.07. The van der Waals surface area contributed by atoms with Gasteiger partial charge in [-0.25, -0.2) is 0 Å². The SMILES string of the molecule is COc1cc(C)c2c(c1)C=C[C@@H]1[C@@H]2CC[C@]2(C)C(=O)CC[C@@H]12. The molecule has 0 aliphatic heterocycles. The van der Waals surface area contributed by atoms with Crippen LogP contribution in [0.15, 0.2) is 18.2 Å². The van der Waals surface area contributed by atoms with Gasteiger partial charge in [0.15, 0.2) is 0 Å². The topological polar surface area (TPSA) is 26.3 Å². The zero-order chi connectivity index (χ0) is 15.5. The minimum Gasteiger partial charge on any atom is -0.497 e. The first-order valence-electron chi connectivity index (χ1n) is 8.44. The number of fused-ring (bicyclic) bond motifs is 5. The number of aryl methyl sites for hydroxylation is 1. The summed E-state index contributed by atoms with van der Waals surface area (Å²) in [6, 6.07) is 4.31. The summed E-state index contributed by atoms with van der Waals surface area (Å²) in [5.74, 6) is 3.09. The Hall–Kier alpha value is -1.57. The molecule has 3 aliphatic carbocycles. The van der Waals surface area contributed by atoms with Crippen molar-refractivity contribution in [2.45, 2.75) is 45.4 Å². The number of ketones is 1. The lowest BCUT2D eigenvalue weighted by atomic mass is 9.57. The number of rotatable bonds is 1. The Bertz CT molecular complexity index is 673. The predicted octanol–water partition coefficient (Wildman–Crippen LogP) is 4.51. The number of hydrogen-bond acceptors (Lipinski definition) is 2. The first-order chi connectivity index (χ1) is 10.5. The van der Waals surface area contributed by atoms with Crippen LogP contribution in [0.1, 0.15) is 55.2 Å². The number of benzene rings is 1. The van der Waals surface area contributed by atoms with Gasteiger partial charge in [0.1, 0.15) is 11.5 Å². The maximum Gasteiger partial charge on any atom is 0.139 e. The van der Waals surface area contributed by atoms with E-state index in [0.29, 0.717) is 23.5 Å². The van der Waals surface area contributed by atoms with E-state index in [0.717, 1.165) is 31.4 Å². The Kier molecular flexibility index (Phi) is 3.01. The van der Waals surface area contributed by atoms with E-state index < -0.39 is 0 Å². The molecule has 0 amide bonds. The van der Waals surface area contributed by atoms with Crippen LogP contribution in [0.4, 0.5) is 0 Å². The Balaban J connectivity index is 1.78. The van der Waals surface area contributed by atoms with Crippen molar-refractivity contribution in [1.29, 1.82) is 0 Å². The average Bonchev–Trinajstić information content (AvgIpc) is 2.82. The molecule has 0 radical (unpaired) electrons. The fraction of sp³-hybridized carbons (Fsp3) is 0.550. The maximum atomic E-state index is 12.4. The van der Waals surface area contributed by atoms with E-state index in [1.54, 1.807) is 7.11 Å². The van der Waals surface area contributed by atoms with E-state index in [-0.39, 0.29) is 5.41 Å². The lowest BCUT2D eigenvalue weighted by Gasteiger charge is -2.46. The van der Waals surface area contributed by atoms with Crippen molar-refractivity contribution in [2.24, 2.45) is 17.3 Å². The summed E-state index contributed by atoms with van der Waals surface area (Å²) in [6.45, 7) is 4.42. The van der Waals surface area contributed by atoms with Crippen molar-refractivity contribution in [3.8, 4) is 5.75 Å². The van der Waals surface area contributed by atoms with Gasteiger partial charge in [0.25, 0.3) is 0 Å². The third-order valence-electron chi connectivity index (χ3n) is 6.54. The summed E-state index contributed by atoms with van der Waals surface area (Å²) in [6.07, 6.45) is 8.69. The van der Waals surface area contributed by atoms with Crippen LogP contribution in [0.25, 0.3) is 6.08 Å². The molecule has 1 aromatic rings. The highest BCUT2D eigenvalue weighted by molar-refractivity contribution is 5.87. The van der Waals surface area contributed by atoms with Gasteiger partial charge in [0, 0.05) is 11.8 Å². The van der Waals surface area contributed by atoms with Gasteiger partial charge in [-0.05, 0) is 72.8 Å². The highest BCUT2D eigenvalue weighted by Crippen LogP contribution is 2.59. The van der Waals surface area contributed by atoms with E-state index in [2.05, 4.69) is 38.1 Å². The lowest BCUT2D eigenvalue weighted by molar-refractivity contribution is -0.128. The molecule has 2 nitrogen and oxygen atoms in total. The Labute approximate surface area is 132 Å². The van der Waals surface area contributed by atoms with Gasteiger partial charge in [-0.2, -0.15) is 0 Å². The van der Waals surface area contributed by atoms with Crippen molar-refractivity contribution in [3.05, 3.63) is 34.9 Å². The summed E-state index contributed by atoms with van der Waals surface area (Å²) in [5, 5.41) is 0. The second-order valence-electron chi connectivity index (χ2n) is 7.51. The monoisotopic (exact) mass is 296 g/mol. The molecule has 0 N–H and O–H groups in total. The molecule has 0 heterocycles. The van der Waals surface area contributed by atoms with Crippen LogP contribution in [0, 0.1) is 24.2 Å². The molecule has 0 spiro atoms. The van der Waals surface area contributed by atoms with Gasteiger partial charge in [-0.1, -0.05) is 19.1 Å². The van der Waals surface area contributed by atoms with E-state index in [4.69, 9.17) is 4.74 Å². The average molecular weight is 296 g/mol.